The monoisotopic (exact) mass is 317 g/mol. The lowest BCUT2D eigenvalue weighted by atomic mass is 10.2. The molecule has 0 aromatic heterocycles. The van der Waals surface area contributed by atoms with Gasteiger partial charge in [0.2, 0.25) is 5.71 Å². The molecule has 1 heterocycles. The van der Waals surface area contributed by atoms with Crippen LogP contribution in [-0.4, -0.2) is 49.2 Å². The zero-order chi connectivity index (χ0) is 16.8. The molecule has 8 heteroatoms. The number of hydrogen-bond donors (Lipinski definition) is 3. The van der Waals surface area contributed by atoms with Crippen LogP contribution in [0.4, 0.5) is 15.8 Å². The van der Waals surface area contributed by atoms with Crippen LogP contribution in [0, 0.1) is 22.6 Å². The van der Waals surface area contributed by atoms with E-state index >= 15 is 0 Å². The van der Waals surface area contributed by atoms with Crippen molar-refractivity contribution in [2.24, 2.45) is 10.8 Å². The van der Waals surface area contributed by atoms with Crippen LogP contribution in [0.2, 0.25) is 0 Å². The Hall–Kier alpha value is -2.66. The van der Waals surface area contributed by atoms with E-state index in [0.717, 1.165) is 32.7 Å². The normalized spacial score (nSPS) is 16.0. The molecule has 0 radical (unpaired) electrons. The van der Waals surface area contributed by atoms with Crippen molar-refractivity contribution in [3.8, 4) is 6.07 Å². The lowest BCUT2D eigenvalue weighted by molar-refractivity contribution is 0.270. The molecule has 1 aliphatic heterocycles. The molecule has 0 bridgehead atoms. The number of nitrogens with one attached hydrogen (secondary N) is 2. The van der Waals surface area contributed by atoms with Crippen LogP contribution in [-0.2, 0) is 0 Å². The van der Waals surface area contributed by atoms with Gasteiger partial charge in [0.25, 0.3) is 0 Å². The van der Waals surface area contributed by atoms with Gasteiger partial charge in [-0.3, -0.25) is 10.8 Å². The second kappa shape index (κ2) is 7.56. The first-order valence-electron chi connectivity index (χ1n) is 7.40. The minimum Gasteiger partial charge on any atom is -0.382 e. The fourth-order valence-corrected chi connectivity index (χ4v) is 2.40. The van der Waals surface area contributed by atoms with E-state index < -0.39 is 5.84 Å². The largest absolute Gasteiger partial charge is 0.382 e. The predicted molar refractivity (Wildman–Crippen MR) is 89.3 cm³/mol. The minimum atomic E-state index is -0.439. The van der Waals surface area contributed by atoms with Gasteiger partial charge in [-0.2, -0.15) is 10.4 Å². The van der Waals surface area contributed by atoms with E-state index in [4.69, 9.17) is 16.4 Å². The number of hydrazone groups is 1. The highest BCUT2D eigenvalue weighted by molar-refractivity contribution is 6.45. The Morgan fingerprint density at radius 3 is 2.65 bits per heavy atom. The minimum absolute atomic E-state index is 0.245. The van der Waals surface area contributed by atoms with Crippen LogP contribution in [0.25, 0.3) is 0 Å². The lowest BCUT2D eigenvalue weighted by Gasteiger charge is -2.35. The van der Waals surface area contributed by atoms with Crippen LogP contribution in [0.3, 0.4) is 0 Å². The van der Waals surface area contributed by atoms with Crippen molar-refractivity contribution in [3.63, 3.8) is 0 Å². The van der Waals surface area contributed by atoms with Crippen LogP contribution in [0.1, 0.15) is 6.92 Å². The van der Waals surface area contributed by atoms with Gasteiger partial charge in [-0.25, -0.2) is 4.39 Å². The Bertz CT molecular complexity index is 642. The molecule has 4 N–H and O–H groups in total. The summed E-state index contributed by atoms with van der Waals surface area (Å²) in [5.74, 6) is -0.789. The van der Waals surface area contributed by atoms with E-state index in [9.17, 15) is 4.39 Å². The molecule has 2 rings (SSSR count). The summed E-state index contributed by atoms with van der Waals surface area (Å²) >= 11 is 0. The van der Waals surface area contributed by atoms with Crippen molar-refractivity contribution in [2.75, 3.05) is 43.0 Å². The first kappa shape index (κ1) is 16.7. The van der Waals surface area contributed by atoms with E-state index in [1.165, 1.54) is 6.07 Å². The number of anilines is 2. The number of nitrogens with two attached hydrogens (primary N) is 1. The molecular formula is C15H20FN7. The number of halogens is 1. The van der Waals surface area contributed by atoms with E-state index in [1.54, 1.807) is 18.2 Å². The molecule has 0 amide bonds. The number of likely N-dealkylation sites (N-methyl/N-ethyl adjacent to an activating group) is 1. The maximum Gasteiger partial charge on any atom is 0.201 e. The van der Waals surface area contributed by atoms with Crippen molar-refractivity contribution in [2.45, 2.75) is 6.92 Å². The smallest absolute Gasteiger partial charge is 0.201 e. The molecule has 0 aliphatic carbocycles. The zero-order valence-electron chi connectivity index (χ0n) is 13.0. The maximum absolute atomic E-state index is 14.3. The average Bonchev–Trinajstić information content (AvgIpc) is 2.55. The summed E-state index contributed by atoms with van der Waals surface area (Å²) in [6.07, 6.45) is 0. The van der Waals surface area contributed by atoms with E-state index in [-0.39, 0.29) is 11.5 Å². The van der Waals surface area contributed by atoms with Gasteiger partial charge in [-0.1, -0.05) is 6.92 Å². The fourth-order valence-electron chi connectivity index (χ4n) is 2.40. The standard InChI is InChI=1S/C15H20FN7/c1-2-22-5-7-23(8-6-22)14-4-3-11(9-12(14)16)20-21-13(10-17)15(18)19/h3-4,9,20H,2,5-8H2,1H3,(H3,18,19)/b21-13+. The van der Waals surface area contributed by atoms with Gasteiger partial charge in [0.05, 0.1) is 11.4 Å². The molecule has 1 aromatic rings. The number of rotatable bonds is 5. The van der Waals surface area contributed by atoms with Crippen molar-refractivity contribution in [1.29, 1.82) is 10.7 Å². The molecule has 1 saturated heterocycles. The number of benzene rings is 1. The van der Waals surface area contributed by atoms with Crippen molar-refractivity contribution in [3.05, 3.63) is 24.0 Å². The molecule has 0 unspecified atom stereocenters. The highest BCUT2D eigenvalue weighted by Crippen LogP contribution is 2.24. The molecular weight excluding hydrogens is 297 g/mol. The number of hydrogen-bond acceptors (Lipinski definition) is 6. The van der Waals surface area contributed by atoms with Crippen LogP contribution < -0.4 is 16.1 Å². The molecule has 1 fully saturated rings. The molecule has 0 atom stereocenters. The average molecular weight is 317 g/mol. The Morgan fingerprint density at radius 2 is 2.13 bits per heavy atom. The first-order valence-corrected chi connectivity index (χ1v) is 7.40. The third-order valence-electron chi connectivity index (χ3n) is 3.77. The molecule has 0 saturated carbocycles. The number of nitriles is 1. The molecule has 7 nitrogen and oxygen atoms in total. The van der Waals surface area contributed by atoms with Gasteiger partial charge in [-0.05, 0) is 18.7 Å². The van der Waals surface area contributed by atoms with Gasteiger partial charge in [-0.15, -0.1) is 0 Å². The van der Waals surface area contributed by atoms with Crippen LogP contribution in [0.15, 0.2) is 23.3 Å². The summed E-state index contributed by atoms with van der Waals surface area (Å²) in [6.45, 7) is 6.55. The van der Waals surface area contributed by atoms with Crippen molar-refractivity contribution in [1.82, 2.24) is 4.90 Å². The summed E-state index contributed by atoms with van der Waals surface area (Å²) in [4.78, 5) is 4.34. The van der Waals surface area contributed by atoms with Gasteiger partial charge in [0.15, 0.2) is 5.84 Å². The molecule has 23 heavy (non-hydrogen) atoms. The van der Waals surface area contributed by atoms with Crippen molar-refractivity contribution >= 4 is 22.9 Å². The summed E-state index contributed by atoms with van der Waals surface area (Å²) in [6, 6.07) is 6.38. The second-order valence-corrected chi connectivity index (χ2v) is 5.19. The van der Waals surface area contributed by atoms with Gasteiger partial charge < -0.3 is 15.5 Å². The van der Waals surface area contributed by atoms with Crippen molar-refractivity contribution < 1.29 is 4.39 Å². The Kier molecular flexibility index (Phi) is 5.49. The zero-order valence-corrected chi connectivity index (χ0v) is 13.0. The summed E-state index contributed by atoms with van der Waals surface area (Å²) in [5, 5.41) is 19.6. The summed E-state index contributed by atoms with van der Waals surface area (Å²) in [5.41, 5.74) is 8.44. The SMILES string of the molecule is CCN1CCN(c2ccc(N/N=C(\C#N)C(=N)N)cc2F)CC1. The first-order chi connectivity index (χ1) is 11.0. The second-order valence-electron chi connectivity index (χ2n) is 5.19. The summed E-state index contributed by atoms with van der Waals surface area (Å²) < 4.78 is 14.3. The lowest BCUT2D eigenvalue weighted by Crippen LogP contribution is -2.46. The van der Waals surface area contributed by atoms with Gasteiger partial charge in [0, 0.05) is 32.2 Å². The quantitative estimate of drug-likeness (QED) is 0.430. The van der Waals surface area contributed by atoms with Crippen LogP contribution in [0.5, 0.6) is 0 Å². The Morgan fingerprint density at radius 1 is 1.43 bits per heavy atom. The van der Waals surface area contributed by atoms with Gasteiger partial charge in [0.1, 0.15) is 11.9 Å². The Labute approximate surface area is 134 Å². The highest BCUT2D eigenvalue weighted by atomic mass is 19.1. The summed E-state index contributed by atoms with van der Waals surface area (Å²) in [7, 11) is 0. The number of nitrogens with zero attached hydrogens (tertiary/aromatic N) is 4. The molecule has 122 valence electrons. The van der Waals surface area contributed by atoms with E-state index in [2.05, 4.69) is 22.4 Å². The number of amidine groups is 1. The predicted octanol–water partition coefficient (Wildman–Crippen LogP) is 1.20. The van der Waals surface area contributed by atoms with Crippen LogP contribution >= 0.6 is 0 Å². The number of piperazine rings is 1. The Balaban J connectivity index is 2.07. The molecule has 0 spiro atoms. The third-order valence-corrected chi connectivity index (χ3v) is 3.77. The molecule has 1 aliphatic rings. The highest BCUT2D eigenvalue weighted by Gasteiger charge is 2.18. The van der Waals surface area contributed by atoms with Gasteiger partial charge >= 0.3 is 0 Å². The third kappa shape index (κ3) is 4.17. The maximum atomic E-state index is 14.3. The topological polar surface area (TPSA) is 105 Å². The van der Waals surface area contributed by atoms with E-state index in [0.29, 0.717) is 11.4 Å². The fraction of sp³-hybridized carbons (Fsp3) is 0.400. The van der Waals surface area contributed by atoms with E-state index in [1.807, 2.05) is 4.90 Å². The molecule has 1 aromatic carbocycles.